The summed E-state index contributed by atoms with van der Waals surface area (Å²) in [5.74, 6) is 0.133. The molecule has 0 bridgehead atoms. The number of halogens is 1. The number of hydrogen-bond acceptors (Lipinski definition) is 4. The van der Waals surface area contributed by atoms with E-state index >= 15 is 0 Å². The summed E-state index contributed by atoms with van der Waals surface area (Å²) in [5.41, 5.74) is 1.06. The zero-order valence-corrected chi connectivity index (χ0v) is 13.8. The fraction of sp³-hybridized carbons (Fsp3) is 0.750. The summed E-state index contributed by atoms with van der Waals surface area (Å²) in [6.45, 7) is 7.46. The summed E-state index contributed by atoms with van der Waals surface area (Å²) >= 11 is 5.85. The number of nitrogens with one attached hydrogen (secondary N) is 1. The largest absolute Gasteiger partial charge is 0.299 e. The number of aromatic nitrogens is 2. The van der Waals surface area contributed by atoms with Crippen LogP contribution in [0.4, 0.5) is 0 Å². The zero-order valence-electron chi connectivity index (χ0n) is 12.3. The van der Waals surface area contributed by atoms with E-state index in [1.54, 1.807) is 6.92 Å². The minimum absolute atomic E-state index is 0.0605. The third-order valence-corrected chi connectivity index (χ3v) is 6.12. The van der Waals surface area contributed by atoms with Crippen LogP contribution in [0.2, 0.25) is 0 Å². The minimum atomic E-state index is -3.60. The van der Waals surface area contributed by atoms with Gasteiger partial charge in [0, 0.05) is 36.4 Å². The highest BCUT2D eigenvalue weighted by molar-refractivity contribution is 7.89. The quantitative estimate of drug-likeness (QED) is 0.849. The Morgan fingerprint density at radius 2 is 2.05 bits per heavy atom. The molecule has 0 saturated carbocycles. The summed E-state index contributed by atoms with van der Waals surface area (Å²) in [6, 6.07) is 0. The smallest absolute Gasteiger partial charge is 0.262 e. The van der Waals surface area contributed by atoms with E-state index < -0.39 is 10.0 Å². The van der Waals surface area contributed by atoms with Crippen LogP contribution in [0.15, 0.2) is 5.03 Å². The molecule has 1 aromatic rings. The summed E-state index contributed by atoms with van der Waals surface area (Å²) in [6.07, 6.45) is 0. The highest BCUT2D eigenvalue weighted by Crippen LogP contribution is 2.27. The fourth-order valence-electron chi connectivity index (χ4n) is 2.32. The number of hydrogen-bond donors (Lipinski definition) is 1. The Morgan fingerprint density at radius 3 is 2.60 bits per heavy atom. The third-order valence-electron chi connectivity index (χ3n) is 4.04. The Hall–Kier alpha value is -0.630. The van der Waals surface area contributed by atoms with Crippen molar-refractivity contribution in [2.45, 2.75) is 37.2 Å². The Kier molecular flexibility index (Phi) is 4.17. The van der Waals surface area contributed by atoms with Crippen LogP contribution in [0.1, 0.15) is 25.1 Å². The van der Waals surface area contributed by atoms with Crippen molar-refractivity contribution >= 4 is 21.6 Å². The molecule has 20 heavy (non-hydrogen) atoms. The van der Waals surface area contributed by atoms with Crippen LogP contribution in [-0.4, -0.2) is 60.0 Å². The number of nitrogens with zero attached hydrogens (tertiary/aromatic N) is 3. The molecule has 1 aliphatic rings. The van der Waals surface area contributed by atoms with Gasteiger partial charge >= 0.3 is 0 Å². The van der Waals surface area contributed by atoms with E-state index in [0.717, 1.165) is 0 Å². The van der Waals surface area contributed by atoms with Crippen molar-refractivity contribution < 1.29 is 8.42 Å². The van der Waals surface area contributed by atoms with Gasteiger partial charge in [0.2, 0.25) is 0 Å². The van der Waals surface area contributed by atoms with Crippen LogP contribution in [0, 0.1) is 6.92 Å². The predicted molar refractivity (Wildman–Crippen MR) is 78.3 cm³/mol. The Balaban J connectivity index is 2.36. The van der Waals surface area contributed by atoms with Gasteiger partial charge in [-0.25, -0.2) is 8.42 Å². The molecule has 0 radical (unpaired) electrons. The van der Waals surface area contributed by atoms with E-state index in [4.69, 9.17) is 11.6 Å². The maximum Gasteiger partial charge on any atom is 0.262 e. The molecule has 8 heteroatoms. The molecule has 1 saturated heterocycles. The number of likely N-dealkylation sites (N-methyl/N-ethyl adjacent to an activating group) is 1. The molecule has 2 heterocycles. The first kappa shape index (κ1) is 15.8. The molecule has 1 aliphatic heterocycles. The molecule has 0 unspecified atom stereocenters. The standard InChI is InChI=1S/C12H21ClN4O2S/c1-9-10(7-13)11(15-14-9)20(18,19)17-6-5-16(4)12(2,3)8-17/h5-8H2,1-4H3,(H,14,15). The predicted octanol–water partition coefficient (Wildman–Crippen LogP) is 1.17. The van der Waals surface area contributed by atoms with Gasteiger partial charge in [0.05, 0.1) is 5.88 Å². The lowest BCUT2D eigenvalue weighted by atomic mass is 10.0. The maximum absolute atomic E-state index is 12.7. The first-order valence-corrected chi connectivity index (χ1v) is 8.49. The van der Waals surface area contributed by atoms with Crippen molar-refractivity contribution in [1.82, 2.24) is 19.4 Å². The topological polar surface area (TPSA) is 69.3 Å². The van der Waals surface area contributed by atoms with E-state index in [2.05, 4.69) is 15.1 Å². The van der Waals surface area contributed by atoms with E-state index in [1.165, 1.54) is 4.31 Å². The number of sulfonamides is 1. The number of aryl methyl sites for hydroxylation is 1. The van der Waals surface area contributed by atoms with Gasteiger partial charge < -0.3 is 0 Å². The van der Waals surface area contributed by atoms with E-state index in [1.807, 2.05) is 20.9 Å². The second kappa shape index (κ2) is 5.29. The van der Waals surface area contributed by atoms with Crippen LogP contribution < -0.4 is 0 Å². The lowest BCUT2D eigenvalue weighted by Crippen LogP contribution is -2.58. The molecular weight excluding hydrogens is 300 g/mol. The average molecular weight is 321 g/mol. The highest BCUT2D eigenvalue weighted by Gasteiger charge is 2.39. The minimum Gasteiger partial charge on any atom is -0.299 e. The zero-order chi connectivity index (χ0) is 15.1. The molecule has 6 nitrogen and oxygen atoms in total. The molecule has 0 amide bonds. The van der Waals surface area contributed by atoms with Gasteiger partial charge in [-0.05, 0) is 27.8 Å². The monoisotopic (exact) mass is 320 g/mol. The van der Waals surface area contributed by atoms with Crippen LogP contribution in [0.25, 0.3) is 0 Å². The van der Waals surface area contributed by atoms with Crippen molar-refractivity contribution in [2.75, 3.05) is 26.7 Å². The molecular formula is C12H21ClN4O2S. The maximum atomic E-state index is 12.7. The van der Waals surface area contributed by atoms with Gasteiger partial charge in [-0.3, -0.25) is 10.00 Å². The third kappa shape index (κ3) is 2.59. The number of aromatic amines is 1. The van der Waals surface area contributed by atoms with Gasteiger partial charge in [-0.1, -0.05) is 0 Å². The number of rotatable bonds is 3. The van der Waals surface area contributed by atoms with Crippen LogP contribution >= 0.6 is 11.6 Å². The van der Waals surface area contributed by atoms with Gasteiger partial charge in [0.15, 0.2) is 5.03 Å². The van der Waals surface area contributed by atoms with Crippen LogP contribution in [0.5, 0.6) is 0 Å². The summed E-state index contributed by atoms with van der Waals surface area (Å²) in [7, 11) is -1.59. The molecule has 1 aromatic heterocycles. The van der Waals surface area contributed by atoms with Crippen molar-refractivity contribution in [2.24, 2.45) is 0 Å². The molecule has 114 valence electrons. The summed E-state index contributed by atoms with van der Waals surface area (Å²) in [5, 5.41) is 6.72. The highest BCUT2D eigenvalue weighted by atomic mass is 35.5. The van der Waals surface area contributed by atoms with Crippen LogP contribution in [-0.2, 0) is 15.9 Å². The van der Waals surface area contributed by atoms with E-state index in [9.17, 15) is 8.42 Å². The fourth-order valence-corrected chi connectivity index (χ4v) is 4.48. The van der Waals surface area contributed by atoms with Gasteiger partial charge in [-0.2, -0.15) is 9.40 Å². The van der Waals surface area contributed by atoms with Gasteiger partial charge in [0.25, 0.3) is 10.0 Å². The number of alkyl halides is 1. The van der Waals surface area contributed by atoms with Crippen molar-refractivity contribution in [3.63, 3.8) is 0 Å². The van der Waals surface area contributed by atoms with E-state index in [-0.39, 0.29) is 16.4 Å². The lowest BCUT2D eigenvalue weighted by Gasteiger charge is -2.44. The van der Waals surface area contributed by atoms with Crippen molar-refractivity contribution in [3.8, 4) is 0 Å². The Labute approximate surface area is 125 Å². The SMILES string of the molecule is Cc1[nH]nc(S(=O)(=O)N2CCN(C)C(C)(C)C2)c1CCl. The first-order chi connectivity index (χ1) is 9.20. The molecule has 1 fully saturated rings. The first-order valence-electron chi connectivity index (χ1n) is 6.51. The Morgan fingerprint density at radius 1 is 1.40 bits per heavy atom. The second-order valence-corrected chi connectivity index (χ2v) is 7.96. The molecule has 0 spiro atoms. The van der Waals surface area contributed by atoms with Crippen molar-refractivity contribution in [3.05, 3.63) is 11.3 Å². The summed E-state index contributed by atoms with van der Waals surface area (Å²) < 4.78 is 27.0. The van der Waals surface area contributed by atoms with Crippen molar-refractivity contribution in [1.29, 1.82) is 0 Å². The van der Waals surface area contributed by atoms with Gasteiger partial charge in [-0.15, -0.1) is 11.6 Å². The number of piperazine rings is 1. The Bertz CT molecular complexity index is 597. The molecule has 0 aliphatic carbocycles. The van der Waals surface area contributed by atoms with Gasteiger partial charge in [0.1, 0.15) is 0 Å². The summed E-state index contributed by atoms with van der Waals surface area (Å²) in [4.78, 5) is 2.16. The molecule has 0 atom stereocenters. The second-order valence-electron chi connectivity index (χ2n) is 5.84. The van der Waals surface area contributed by atoms with Crippen LogP contribution in [0.3, 0.4) is 0 Å². The normalized spacial score (nSPS) is 21.2. The van der Waals surface area contributed by atoms with E-state index in [0.29, 0.717) is 30.9 Å². The average Bonchev–Trinajstić information content (AvgIpc) is 2.74. The number of H-pyrrole nitrogens is 1. The molecule has 1 N–H and O–H groups in total. The lowest BCUT2D eigenvalue weighted by molar-refractivity contribution is 0.0800. The molecule has 2 rings (SSSR count). The molecule has 0 aromatic carbocycles.